The van der Waals surface area contributed by atoms with Crippen LogP contribution in [0.25, 0.3) is 27.1 Å². The standard InChI is InChI=1S/C17H12N2O3.C2HF3O2/c1-2-22-17(21)14-15-11-7-3-5-10-6-4-8-12(13(10)11)16(20)19(15)9-18-14;3-2(4,5)1(6)7/h3-9H,2H2,1H3;(H,6,7). The van der Waals surface area contributed by atoms with Crippen molar-refractivity contribution in [3.8, 4) is 0 Å². The Morgan fingerprint density at radius 3 is 2.28 bits per heavy atom. The summed E-state index contributed by atoms with van der Waals surface area (Å²) in [6.45, 7) is 2.00. The number of rotatable bonds is 2. The summed E-state index contributed by atoms with van der Waals surface area (Å²) in [6.07, 6.45) is -3.70. The maximum atomic E-state index is 12.7. The van der Waals surface area contributed by atoms with Crippen LogP contribution in [-0.2, 0) is 9.53 Å². The molecule has 0 aliphatic rings. The van der Waals surface area contributed by atoms with Crippen molar-refractivity contribution in [1.29, 1.82) is 0 Å². The predicted octanol–water partition coefficient (Wildman–Crippen LogP) is 3.25. The third-order valence-electron chi connectivity index (χ3n) is 4.09. The monoisotopic (exact) mass is 406 g/mol. The van der Waals surface area contributed by atoms with Crippen molar-refractivity contribution in [3.63, 3.8) is 0 Å². The SMILES string of the molecule is CCOC(=O)c1ncn2c(=O)c3cccc4cccc(c43)c12.O=C(O)C(F)(F)F. The van der Waals surface area contributed by atoms with E-state index in [1.54, 1.807) is 13.0 Å². The third-order valence-corrected chi connectivity index (χ3v) is 4.09. The summed E-state index contributed by atoms with van der Waals surface area (Å²) in [5.74, 6) is -3.27. The highest BCUT2D eigenvalue weighted by molar-refractivity contribution is 6.17. The zero-order valence-electron chi connectivity index (χ0n) is 14.9. The summed E-state index contributed by atoms with van der Waals surface area (Å²) in [5.41, 5.74) is 0.507. The van der Waals surface area contributed by atoms with Gasteiger partial charge in [0.2, 0.25) is 0 Å². The maximum absolute atomic E-state index is 12.7. The number of ether oxygens (including phenoxy) is 1. The first kappa shape index (κ1) is 20.1. The first-order chi connectivity index (χ1) is 13.7. The van der Waals surface area contributed by atoms with Crippen LogP contribution in [0.4, 0.5) is 13.2 Å². The molecule has 2 aromatic carbocycles. The Hall–Kier alpha value is -3.69. The number of halogens is 3. The molecule has 0 aliphatic heterocycles. The van der Waals surface area contributed by atoms with E-state index < -0.39 is 18.1 Å². The molecule has 29 heavy (non-hydrogen) atoms. The molecule has 2 aromatic heterocycles. The Balaban J connectivity index is 0.000000298. The minimum Gasteiger partial charge on any atom is -0.475 e. The number of aromatic nitrogens is 2. The number of hydrogen-bond acceptors (Lipinski definition) is 5. The molecular formula is C19H13F3N2O5. The van der Waals surface area contributed by atoms with E-state index >= 15 is 0 Å². The van der Waals surface area contributed by atoms with Gasteiger partial charge in [-0.3, -0.25) is 9.20 Å². The Bertz CT molecular complexity index is 1270. The zero-order chi connectivity index (χ0) is 21.3. The smallest absolute Gasteiger partial charge is 0.475 e. The van der Waals surface area contributed by atoms with Crippen molar-refractivity contribution in [3.05, 3.63) is 58.8 Å². The van der Waals surface area contributed by atoms with Crippen LogP contribution in [0.15, 0.2) is 47.5 Å². The summed E-state index contributed by atoms with van der Waals surface area (Å²) in [6, 6.07) is 11.4. The largest absolute Gasteiger partial charge is 0.490 e. The van der Waals surface area contributed by atoms with Gasteiger partial charge in [0.1, 0.15) is 6.33 Å². The van der Waals surface area contributed by atoms with Crippen LogP contribution in [0.5, 0.6) is 0 Å². The van der Waals surface area contributed by atoms with Crippen LogP contribution >= 0.6 is 0 Å². The molecular weight excluding hydrogens is 393 g/mol. The van der Waals surface area contributed by atoms with Gasteiger partial charge < -0.3 is 9.84 Å². The molecule has 7 nitrogen and oxygen atoms in total. The fourth-order valence-electron chi connectivity index (χ4n) is 2.95. The first-order valence-corrected chi connectivity index (χ1v) is 8.28. The number of benzene rings is 2. The molecule has 0 fully saturated rings. The number of carboxylic acids is 1. The molecule has 0 aliphatic carbocycles. The number of aliphatic carboxylic acids is 1. The molecule has 10 heteroatoms. The maximum Gasteiger partial charge on any atom is 0.490 e. The van der Waals surface area contributed by atoms with Crippen LogP contribution in [0.1, 0.15) is 17.4 Å². The summed E-state index contributed by atoms with van der Waals surface area (Å²) < 4.78 is 38.2. The van der Waals surface area contributed by atoms with Gasteiger partial charge >= 0.3 is 18.1 Å². The highest BCUT2D eigenvalue weighted by Crippen LogP contribution is 2.29. The lowest BCUT2D eigenvalue weighted by Crippen LogP contribution is -2.21. The molecule has 0 saturated heterocycles. The molecule has 4 aromatic rings. The second-order valence-corrected chi connectivity index (χ2v) is 5.85. The van der Waals surface area contributed by atoms with Gasteiger partial charge in [0.25, 0.3) is 5.56 Å². The molecule has 150 valence electrons. The van der Waals surface area contributed by atoms with E-state index in [-0.39, 0.29) is 17.9 Å². The number of carboxylic acid groups (broad SMARTS) is 1. The molecule has 0 bridgehead atoms. The number of hydrogen-bond donors (Lipinski definition) is 1. The molecule has 0 spiro atoms. The normalized spacial score (nSPS) is 11.4. The number of fused-ring (bicyclic) bond motifs is 2. The molecule has 0 radical (unpaired) electrons. The van der Waals surface area contributed by atoms with Crippen molar-refractivity contribution < 1.29 is 32.6 Å². The van der Waals surface area contributed by atoms with Gasteiger partial charge in [-0.2, -0.15) is 13.2 Å². The van der Waals surface area contributed by atoms with Gasteiger partial charge in [-0.05, 0) is 18.4 Å². The van der Waals surface area contributed by atoms with E-state index in [0.29, 0.717) is 10.9 Å². The van der Waals surface area contributed by atoms with Gasteiger partial charge in [-0.1, -0.05) is 30.3 Å². The molecule has 1 N–H and O–H groups in total. The van der Waals surface area contributed by atoms with Gasteiger partial charge in [-0.15, -0.1) is 0 Å². The average molecular weight is 406 g/mol. The molecule has 0 saturated carbocycles. The lowest BCUT2D eigenvalue weighted by molar-refractivity contribution is -0.192. The number of pyridine rings is 1. The summed E-state index contributed by atoms with van der Waals surface area (Å²) in [7, 11) is 0. The van der Waals surface area contributed by atoms with Crippen molar-refractivity contribution in [2.24, 2.45) is 0 Å². The van der Waals surface area contributed by atoms with Crippen LogP contribution in [-0.4, -0.2) is 39.2 Å². The van der Waals surface area contributed by atoms with Gasteiger partial charge in [-0.25, -0.2) is 14.6 Å². The van der Waals surface area contributed by atoms with Gasteiger partial charge in [0, 0.05) is 16.2 Å². The predicted molar refractivity (Wildman–Crippen MR) is 97.3 cm³/mol. The minimum atomic E-state index is -5.08. The van der Waals surface area contributed by atoms with E-state index in [9.17, 15) is 22.8 Å². The van der Waals surface area contributed by atoms with Crippen LogP contribution < -0.4 is 5.56 Å². The highest BCUT2D eigenvalue weighted by Gasteiger charge is 2.38. The summed E-state index contributed by atoms with van der Waals surface area (Å²) in [4.78, 5) is 37.8. The van der Waals surface area contributed by atoms with Gasteiger partial charge in [0.15, 0.2) is 5.69 Å². The van der Waals surface area contributed by atoms with Crippen molar-refractivity contribution in [2.45, 2.75) is 13.1 Å². The van der Waals surface area contributed by atoms with E-state index in [2.05, 4.69) is 4.98 Å². The van der Waals surface area contributed by atoms with Crippen molar-refractivity contribution in [1.82, 2.24) is 9.38 Å². The second-order valence-electron chi connectivity index (χ2n) is 5.85. The molecule has 4 rings (SSSR count). The zero-order valence-corrected chi connectivity index (χ0v) is 14.9. The van der Waals surface area contributed by atoms with Gasteiger partial charge in [0.05, 0.1) is 12.1 Å². The lowest BCUT2D eigenvalue weighted by atomic mass is 10.0. The minimum absolute atomic E-state index is 0.178. The van der Waals surface area contributed by atoms with E-state index in [1.165, 1.54) is 10.7 Å². The fourth-order valence-corrected chi connectivity index (χ4v) is 2.95. The quantitative estimate of drug-likeness (QED) is 0.513. The van der Waals surface area contributed by atoms with Crippen molar-refractivity contribution >= 4 is 39.0 Å². The Morgan fingerprint density at radius 1 is 1.14 bits per heavy atom. The number of carbonyl (C=O) groups excluding carboxylic acids is 1. The third kappa shape index (κ3) is 3.56. The Kier molecular flexibility index (Phi) is 5.10. The number of nitrogens with zero attached hydrogens (tertiary/aromatic N) is 2. The average Bonchev–Trinajstić information content (AvgIpc) is 3.11. The van der Waals surface area contributed by atoms with Crippen LogP contribution in [0, 0.1) is 0 Å². The second kappa shape index (κ2) is 7.38. The van der Waals surface area contributed by atoms with Crippen molar-refractivity contribution in [2.75, 3.05) is 6.61 Å². The Labute approximate surface area is 160 Å². The van der Waals surface area contributed by atoms with E-state index in [1.807, 2.05) is 30.3 Å². The van der Waals surface area contributed by atoms with E-state index in [0.717, 1.165) is 16.2 Å². The molecule has 2 heterocycles. The number of imidazole rings is 1. The lowest BCUT2D eigenvalue weighted by Gasteiger charge is -2.07. The first-order valence-electron chi connectivity index (χ1n) is 8.28. The van der Waals surface area contributed by atoms with Crippen LogP contribution in [0.2, 0.25) is 0 Å². The topological polar surface area (TPSA) is 98.0 Å². The molecule has 0 atom stereocenters. The summed E-state index contributed by atoms with van der Waals surface area (Å²) in [5, 5.41) is 10.4. The van der Waals surface area contributed by atoms with E-state index in [4.69, 9.17) is 14.6 Å². The van der Waals surface area contributed by atoms with Crippen LogP contribution in [0.3, 0.4) is 0 Å². The number of alkyl halides is 3. The Morgan fingerprint density at radius 2 is 1.72 bits per heavy atom. The fraction of sp³-hybridized carbons (Fsp3) is 0.158. The molecule has 0 unspecified atom stereocenters. The highest BCUT2D eigenvalue weighted by atomic mass is 19.4. The number of carbonyl (C=O) groups is 2. The number of esters is 1. The summed E-state index contributed by atoms with van der Waals surface area (Å²) >= 11 is 0. The molecule has 0 amide bonds.